The second-order valence-electron chi connectivity index (χ2n) is 5.19. The molecule has 0 heterocycles. The molecule has 0 spiro atoms. The van der Waals surface area contributed by atoms with E-state index in [1.807, 2.05) is 25.1 Å². The van der Waals surface area contributed by atoms with Gasteiger partial charge in [-0.2, -0.15) is 0 Å². The van der Waals surface area contributed by atoms with Gasteiger partial charge < -0.3 is 10.1 Å². The molecule has 0 fully saturated rings. The summed E-state index contributed by atoms with van der Waals surface area (Å²) in [6.07, 6.45) is 0.973. The maximum atomic E-state index is 13.3. The Hall–Kier alpha value is -1.87. The van der Waals surface area contributed by atoms with E-state index < -0.39 is 0 Å². The van der Waals surface area contributed by atoms with Crippen LogP contribution >= 0.6 is 0 Å². The molecule has 0 aromatic heterocycles. The number of halogens is 1. The fraction of sp³-hybridized carbons (Fsp3) is 0.333. The number of hydrogen-bond acceptors (Lipinski definition) is 2. The van der Waals surface area contributed by atoms with Crippen LogP contribution in [0, 0.1) is 12.7 Å². The molecule has 0 radical (unpaired) electrons. The largest absolute Gasteiger partial charge is 0.497 e. The lowest BCUT2D eigenvalue weighted by atomic mass is 10.0. The quantitative estimate of drug-likeness (QED) is 0.851. The maximum Gasteiger partial charge on any atom is 0.123 e. The lowest BCUT2D eigenvalue weighted by molar-refractivity contribution is 0.414. The van der Waals surface area contributed by atoms with Crippen LogP contribution < -0.4 is 10.1 Å². The van der Waals surface area contributed by atoms with Crippen molar-refractivity contribution in [3.63, 3.8) is 0 Å². The molecule has 0 aliphatic heterocycles. The first-order valence-corrected chi connectivity index (χ1v) is 7.26. The standard InChI is InChI=1S/C18H22FNO/c1-4-18(14-6-9-17(21-3)10-7-14)20-12-15-11-16(19)8-5-13(15)2/h5-11,18,20H,4,12H2,1-3H3. The third-order valence-corrected chi connectivity index (χ3v) is 3.78. The summed E-state index contributed by atoms with van der Waals surface area (Å²) in [6.45, 7) is 4.80. The van der Waals surface area contributed by atoms with Crippen LogP contribution in [-0.2, 0) is 6.54 Å². The molecule has 2 aromatic rings. The monoisotopic (exact) mass is 287 g/mol. The third-order valence-electron chi connectivity index (χ3n) is 3.78. The predicted octanol–water partition coefficient (Wildman–Crippen LogP) is 4.38. The Morgan fingerprint density at radius 1 is 1.14 bits per heavy atom. The molecule has 0 aliphatic rings. The Balaban J connectivity index is 2.06. The van der Waals surface area contributed by atoms with Crippen molar-refractivity contribution >= 4 is 0 Å². The summed E-state index contributed by atoms with van der Waals surface area (Å²) < 4.78 is 18.5. The number of benzene rings is 2. The van der Waals surface area contributed by atoms with E-state index in [9.17, 15) is 4.39 Å². The van der Waals surface area contributed by atoms with Gasteiger partial charge in [-0.3, -0.25) is 0 Å². The number of ether oxygens (including phenoxy) is 1. The van der Waals surface area contributed by atoms with Crippen LogP contribution in [0.5, 0.6) is 5.75 Å². The number of aryl methyl sites for hydroxylation is 1. The molecule has 1 unspecified atom stereocenters. The number of rotatable bonds is 6. The lowest BCUT2D eigenvalue weighted by Crippen LogP contribution is -2.20. The fourth-order valence-corrected chi connectivity index (χ4v) is 2.40. The Morgan fingerprint density at radius 3 is 2.48 bits per heavy atom. The highest BCUT2D eigenvalue weighted by molar-refractivity contribution is 5.30. The van der Waals surface area contributed by atoms with Crippen molar-refractivity contribution < 1.29 is 9.13 Å². The van der Waals surface area contributed by atoms with Crippen LogP contribution in [0.1, 0.15) is 36.1 Å². The Labute approximate surface area is 126 Å². The highest BCUT2D eigenvalue weighted by atomic mass is 19.1. The summed E-state index contributed by atoms with van der Waals surface area (Å²) in [5.74, 6) is 0.671. The molecule has 0 aliphatic carbocycles. The minimum atomic E-state index is -0.185. The second-order valence-corrected chi connectivity index (χ2v) is 5.19. The summed E-state index contributed by atoms with van der Waals surface area (Å²) >= 11 is 0. The highest BCUT2D eigenvalue weighted by Crippen LogP contribution is 2.21. The molecule has 21 heavy (non-hydrogen) atoms. The molecule has 0 amide bonds. The van der Waals surface area contributed by atoms with Crippen LogP contribution in [0.2, 0.25) is 0 Å². The van der Waals surface area contributed by atoms with Crippen LogP contribution in [0.4, 0.5) is 4.39 Å². The van der Waals surface area contributed by atoms with Crippen LogP contribution in [0.15, 0.2) is 42.5 Å². The molecule has 112 valence electrons. The van der Waals surface area contributed by atoms with Gasteiger partial charge in [0.05, 0.1) is 7.11 Å². The van der Waals surface area contributed by atoms with E-state index in [1.165, 1.54) is 11.6 Å². The second kappa shape index (κ2) is 7.23. The van der Waals surface area contributed by atoms with Crippen LogP contribution in [-0.4, -0.2) is 7.11 Å². The number of nitrogens with one attached hydrogen (secondary N) is 1. The van der Waals surface area contributed by atoms with Crippen molar-refractivity contribution in [3.8, 4) is 5.75 Å². The van der Waals surface area contributed by atoms with Gasteiger partial charge in [0.2, 0.25) is 0 Å². The molecule has 2 nitrogen and oxygen atoms in total. The smallest absolute Gasteiger partial charge is 0.123 e. The van der Waals surface area contributed by atoms with E-state index >= 15 is 0 Å². The Morgan fingerprint density at radius 2 is 1.86 bits per heavy atom. The molecule has 0 saturated heterocycles. The van der Waals surface area contributed by atoms with Crippen LogP contribution in [0.3, 0.4) is 0 Å². The van der Waals surface area contributed by atoms with Gasteiger partial charge >= 0.3 is 0 Å². The van der Waals surface area contributed by atoms with Gasteiger partial charge in [-0.25, -0.2) is 4.39 Å². The molecule has 0 saturated carbocycles. The van der Waals surface area contributed by atoms with E-state index in [1.54, 1.807) is 13.2 Å². The summed E-state index contributed by atoms with van der Waals surface area (Å²) in [6, 6.07) is 13.2. The Kier molecular flexibility index (Phi) is 5.34. The van der Waals surface area contributed by atoms with E-state index in [2.05, 4.69) is 24.4 Å². The van der Waals surface area contributed by atoms with E-state index in [0.717, 1.165) is 23.3 Å². The highest BCUT2D eigenvalue weighted by Gasteiger charge is 2.10. The first-order valence-electron chi connectivity index (χ1n) is 7.26. The summed E-state index contributed by atoms with van der Waals surface area (Å²) in [4.78, 5) is 0. The van der Waals surface area contributed by atoms with Crippen molar-refractivity contribution in [2.45, 2.75) is 32.9 Å². The molecule has 2 aromatic carbocycles. The Bertz CT molecular complexity index is 580. The van der Waals surface area contributed by atoms with Gasteiger partial charge in [-0.1, -0.05) is 25.1 Å². The van der Waals surface area contributed by atoms with E-state index in [4.69, 9.17) is 4.74 Å². The fourth-order valence-electron chi connectivity index (χ4n) is 2.40. The zero-order valence-electron chi connectivity index (χ0n) is 12.8. The maximum absolute atomic E-state index is 13.3. The lowest BCUT2D eigenvalue weighted by Gasteiger charge is -2.18. The first-order chi connectivity index (χ1) is 10.1. The van der Waals surface area contributed by atoms with Gasteiger partial charge in [-0.15, -0.1) is 0 Å². The normalized spacial score (nSPS) is 12.2. The topological polar surface area (TPSA) is 21.3 Å². The molecule has 3 heteroatoms. The van der Waals surface area contributed by atoms with E-state index in [-0.39, 0.29) is 11.9 Å². The summed E-state index contributed by atoms with van der Waals surface area (Å²) in [5.41, 5.74) is 3.32. The van der Waals surface area contributed by atoms with Gasteiger partial charge in [0.1, 0.15) is 11.6 Å². The molecular formula is C18H22FNO. The molecular weight excluding hydrogens is 265 g/mol. The minimum Gasteiger partial charge on any atom is -0.497 e. The number of methoxy groups -OCH3 is 1. The molecule has 0 bridgehead atoms. The minimum absolute atomic E-state index is 0.185. The van der Waals surface area contributed by atoms with Gasteiger partial charge in [0.15, 0.2) is 0 Å². The predicted molar refractivity (Wildman–Crippen MR) is 84.0 cm³/mol. The van der Waals surface area contributed by atoms with Crippen molar-refractivity contribution in [3.05, 3.63) is 65.0 Å². The van der Waals surface area contributed by atoms with Crippen molar-refractivity contribution in [1.82, 2.24) is 5.32 Å². The molecule has 1 N–H and O–H groups in total. The molecule has 1 atom stereocenters. The van der Waals surface area contributed by atoms with E-state index in [0.29, 0.717) is 6.54 Å². The van der Waals surface area contributed by atoms with Gasteiger partial charge in [0.25, 0.3) is 0 Å². The summed E-state index contributed by atoms with van der Waals surface area (Å²) in [5, 5.41) is 3.50. The van der Waals surface area contributed by atoms with Gasteiger partial charge in [0, 0.05) is 12.6 Å². The zero-order chi connectivity index (χ0) is 15.2. The number of hydrogen-bond donors (Lipinski definition) is 1. The van der Waals surface area contributed by atoms with Gasteiger partial charge in [-0.05, 0) is 54.3 Å². The average Bonchev–Trinajstić information content (AvgIpc) is 2.51. The first kappa shape index (κ1) is 15.5. The average molecular weight is 287 g/mol. The SMILES string of the molecule is CCC(NCc1cc(F)ccc1C)c1ccc(OC)cc1. The summed E-state index contributed by atoms with van der Waals surface area (Å²) in [7, 11) is 1.66. The molecule has 2 rings (SSSR count). The zero-order valence-corrected chi connectivity index (χ0v) is 12.8. The van der Waals surface area contributed by atoms with Crippen LogP contribution in [0.25, 0.3) is 0 Å². The van der Waals surface area contributed by atoms with Crippen molar-refractivity contribution in [1.29, 1.82) is 0 Å². The van der Waals surface area contributed by atoms with Crippen molar-refractivity contribution in [2.75, 3.05) is 7.11 Å². The van der Waals surface area contributed by atoms with Crippen molar-refractivity contribution in [2.24, 2.45) is 0 Å². The third kappa shape index (κ3) is 4.05.